The van der Waals surface area contributed by atoms with Gasteiger partial charge in [0.2, 0.25) is 0 Å². The number of nitrogens with one attached hydrogen (secondary N) is 3. The SMILES string of the molecule is COc1cc2c(cc1C(=O)Nc1cccc(C3=NNNN3C(C)C)n1)CN(O)CC2.O.[CH-]1CC1.[CH3-].[Y]. The number of aromatic nitrogens is 1. The Morgan fingerprint density at radius 2 is 1.97 bits per heavy atom. The van der Waals surface area contributed by atoms with Crippen molar-refractivity contribution in [1.82, 2.24) is 26.1 Å². The molecule has 2 aliphatic heterocycles. The monoisotopic (exact) mass is 574 g/mol. The standard InChI is InChI=1S/C20H25N7O3.C3H5.CH3.H2O.Y/c1-12(2)27-19(23-24-25-27)16-5-4-6-18(21-16)22-20(28)15-9-14-11-26(29)8-7-13(14)10-17(15)30-3;1-2-3-1;;;/h4-6,9-10,12,24-25,29H,7-8,11H2,1-3H3,(H,21,22,28);1H,2-3H2;1H3;1H2;/q;2*-1;;. The van der Waals surface area contributed by atoms with Gasteiger partial charge in [0.1, 0.15) is 17.3 Å². The summed E-state index contributed by atoms with van der Waals surface area (Å²) in [6.07, 6.45) is 5.70. The third-order valence-electron chi connectivity index (χ3n) is 5.34. The Labute approximate surface area is 237 Å². The first-order valence-electron chi connectivity index (χ1n) is 11.1. The molecule has 1 aromatic heterocycles. The molecule has 2 aromatic rings. The molecule has 0 unspecified atom stereocenters. The molecule has 1 amide bonds. The van der Waals surface area contributed by atoms with Gasteiger partial charge in [-0.25, -0.2) is 23.4 Å². The van der Waals surface area contributed by atoms with Crippen molar-refractivity contribution in [3.63, 3.8) is 0 Å². The molecule has 0 bridgehead atoms. The van der Waals surface area contributed by atoms with Crippen molar-refractivity contribution in [2.45, 2.75) is 45.7 Å². The van der Waals surface area contributed by atoms with E-state index in [0.717, 1.165) is 11.1 Å². The van der Waals surface area contributed by atoms with Crippen LogP contribution in [0.4, 0.5) is 5.82 Å². The van der Waals surface area contributed by atoms with Crippen molar-refractivity contribution in [2.24, 2.45) is 5.10 Å². The van der Waals surface area contributed by atoms with E-state index in [9.17, 15) is 10.0 Å². The maximum absolute atomic E-state index is 13.0. The van der Waals surface area contributed by atoms with E-state index in [0.29, 0.717) is 48.2 Å². The van der Waals surface area contributed by atoms with Gasteiger partial charge in [0.05, 0.1) is 12.7 Å². The second kappa shape index (κ2) is 14.6. The number of anilines is 1. The number of fused-ring (bicyclic) bond motifs is 1. The molecule has 1 saturated carbocycles. The van der Waals surface area contributed by atoms with E-state index in [4.69, 9.17) is 4.74 Å². The number of carbonyl (C=O) groups excluding carboxylic acids is 1. The Morgan fingerprint density at radius 1 is 1.25 bits per heavy atom. The molecular weight excluding hydrogens is 539 g/mol. The van der Waals surface area contributed by atoms with Crippen LogP contribution in [0, 0.1) is 13.8 Å². The van der Waals surface area contributed by atoms with Crippen LogP contribution in [0.25, 0.3) is 0 Å². The number of hydrazine groups is 2. The van der Waals surface area contributed by atoms with Crippen LogP contribution in [-0.2, 0) is 45.7 Å². The minimum Gasteiger partial charge on any atom is -0.496 e. The number of hydrogen-bond donors (Lipinski definition) is 4. The summed E-state index contributed by atoms with van der Waals surface area (Å²) in [5, 5.41) is 20.0. The fourth-order valence-corrected chi connectivity index (χ4v) is 3.52. The van der Waals surface area contributed by atoms with Crippen LogP contribution in [0.1, 0.15) is 53.9 Å². The minimum absolute atomic E-state index is 0. The van der Waals surface area contributed by atoms with Crippen molar-refractivity contribution in [1.29, 1.82) is 0 Å². The largest absolute Gasteiger partial charge is 0.496 e. The molecule has 0 saturated heterocycles. The van der Waals surface area contributed by atoms with Gasteiger partial charge in [-0.1, -0.05) is 6.07 Å². The first-order valence-corrected chi connectivity index (χ1v) is 11.1. The molecule has 11 nitrogen and oxygen atoms in total. The van der Waals surface area contributed by atoms with E-state index in [1.165, 1.54) is 25.0 Å². The van der Waals surface area contributed by atoms with Gasteiger partial charge in [0.25, 0.3) is 5.91 Å². The number of ether oxygens (including phenoxy) is 1. The zero-order valence-corrected chi connectivity index (χ0v) is 24.0. The number of amidine groups is 1. The zero-order valence-electron chi connectivity index (χ0n) is 21.2. The maximum atomic E-state index is 13.0. The fourth-order valence-electron chi connectivity index (χ4n) is 3.52. The van der Waals surface area contributed by atoms with Crippen molar-refractivity contribution < 1.29 is 52.9 Å². The Balaban J connectivity index is 0.00000101. The average Bonchev–Trinajstić information content (AvgIpc) is 3.61. The fraction of sp³-hybridized carbons (Fsp3) is 0.375. The number of hydrogen-bond acceptors (Lipinski definition) is 9. The summed E-state index contributed by atoms with van der Waals surface area (Å²) in [5.41, 5.74) is 8.67. The normalized spacial score (nSPS) is 15.5. The molecule has 1 aromatic carbocycles. The molecule has 0 atom stereocenters. The molecule has 3 aliphatic rings. The summed E-state index contributed by atoms with van der Waals surface area (Å²) in [7, 11) is 1.54. The predicted molar refractivity (Wildman–Crippen MR) is 134 cm³/mol. The molecule has 195 valence electrons. The van der Waals surface area contributed by atoms with Gasteiger partial charge >= 0.3 is 0 Å². The summed E-state index contributed by atoms with van der Waals surface area (Å²) >= 11 is 0. The molecule has 5 rings (SSSR count). The molecule has 6 N–H and O–H groups in total. The topological polar surface area (TPSA) is 146 Å². The molecule has 0 spiro atoms. The summed E-state index contributed by atoms with van der Waals surface area (Å²) in [4.78, 5) is 17.5. The Morgan fingerprint density at radius 3 is 2.61 bits per heavy atom. The number of nitrogens with zero attached hydrogens (tertiary/aromatic N) is 4. The number of rotatable bonds is 5. The molecule has 1 aliphatic carbocycles. The molecule has 1 fully saturated rings. The summed E-state index contributed by atoms with van der Waals surface area (Å²) in [6, 6.07) is 9.15. The van der Waals surface area contributed by atoms with Gasteiger partial charge in [-0.2, -0.15) is 5.06 Å². The van der Waals surface area contributed by atoms with Gasteiger partial charge in [-0.15, -0.1) is 10.6 Å². The van der Waals surface area contributed by atoms with E-state index in [1.807, 2.05) is 37.1 Å². The molecule has 1 radical (unpaired) electrons. The number of amides is 1. The van der Waals surface area contributed by atoms with Gasteiger partial charge < -0.3 is 34.6 Å². The van der Waals surface area contributed by atoms with Crippen molar-refractivity contribution in [3.05, 3.63) is 66.6 Å². The Bertz CT molecular complexity index is 1050. The average molecular weight is 574 g/mol. The molecule has 3 heterocycles. The Hall–Kier alpha value is -2.15. The van der Waals surface area contributed by atoms with Crippen molar-refractivity contribution in [2.75, 3.05) is 19.0 Å². The van der Waals surface area contributed by atoms with Crippen LogP contribution in [0.15, 0.2) is 35.4 Å². The van der Waals surface area contributed by atoms with E-state index < -0.39 is 0 Å². The summed E-state index contributed by atoms with van der Waals surface area (Å²) in [6.45, 7) is 4.98. The molecule has 12 heteroatoms. The third-order valence-corrected chi connectivity index (χ3v) is 5.34. The minimum atomic E-state index is -0.334. The number of pyridine rings is 1. The van der Waals surface area contributed by atoms with E-state index in [2.05, 4.69) is 32.9 Å². The van der Waals surface area contributed by atoms with E-state index >= 15 is 0 Å². The van der Waals surface area contributed by atoms with Crippen LogP contribution in [0.2, 0.25) is 0 Å². The number of hydroxylamine groups is 2. The van der Waals surface area contributed by atoms with Crippen LogP contribution in [0.5, 0.6) is 5.75 Å². The summed E-state index contributed by atoms with van der Waals surface area (Å²) < 4.78 is 5.44. The second-order valence-electron chi connectivity index (χ2n) is 8.31. The third kappa shape index (κ3) is 7.93. The van der Waals surface area contributed by atoms with Crippen LogP contribution < -0.4 is 21.1 Å². The van der Waals surface area contributed by atoms with Gasteiger partial charge in [0.15, 0.2) is 5.84 Å². The number of hydrazone groups is 1. The number of carbonyl (C=O) groups is 1. The smallest absolute Gasteiger partial charge is 0.260 e. The van der Waals surface area contributed by atoms with Gasteiger partial charge in [-0.3, -0.25) is 9.80 Å². The van der Waals surface area contributed by atoms with Crippen LogP contribution in [-0.4, -0.2) is 57.2 Å². The first kappa shape index (κ1) is 31.9. The first-order chi connectivity index (χ1) is 16.0. The van der Waals surface area contributed by atoms with Crippen molar-refractivity contribution >= 4 is 17.6 Å². The number of benzene rings is 1. The van der Waals surface area contributed by atoms with Crippen LogP contribution >= 0.6 is 0 Å². The summed E-state index contributed by atoms with van der Waals surface area (Å²) in [5.74, 6) is 1.20. The van der Waals surface area contributed by atoms with Crippen molar-refractivity contribution in [3.8, 4) is 5.75 Å². The number of methoxy groups -OCH3 is 1. The molecule has 36 heavy (non-hydrogen) atoms. The maximum Gasteiger partial charge on any atom is 0.260 e. The van der Waals surface area contributed by atoms with Gasteiger partial charge in [0, 0.05) is 51.8 Å². The van der Waals surface area contributed by atoms with E-state index in [-0.39, 0.29) is 57.6 Å². The Kier molecular flexibility index (Phi) is 12.9. The quantitative estimate of drug-likeness (QED) is 0.398. The second-order valence-corrected chi connectivity index (χ2v) is 8.31. The van der Waals surface area contributed by atoms with Gasteiger partial charge in [-0.05, 0) is 55.7 Å². The predicted octanol–water partition coefficient (Wildman–Crippen LogP) is 2.09. The molecular formula is C24H35N7O4Y-2. The zero-order chi connectivity index (χ0) is 23.4. The van der Waals surface area contributed by atoms with Crippen LogP contribution in [0.3, 0.4) is 0 Å². The van der Waals surface area contributed by atoms with E-state index in [1.54, 1.807) is 12.1 Å².